The molecule has 1 aromatic heterocycles. The molecule has 2 rings (SSSR count). The van der Waals surface area contributed by atoms with Crippen LogP contribution < -0.4 is 10.9 Å². The van der Waals surface area contributed by atoms with E-state index in [2.05, 4.69) is 10.3 Å². The Labute approximate surface area is 123 Å². The summed E-state index contributed by atoms with van der Waals surface area (Å²) in [5.74, 6) is 0.494. The summed E-state index contributed by atoms with van der Waals surface area (Å²) in [5, 5.41) is 3.40. The monoisotopic (exact) mass is 291 g/mol. The van der Waals surface area contributed by atoms with E-state index in [1.807, 2.05) is 51.1 Å². The first kappa shape index (κ1) is 14.6. The van der Waals surface area contributed by atoms with Crippen molar-refractivity contribution >= 4 is 17.4 Å². The maximum Gasteiger partial charge on any atom is 0.256 e. The minimum absolute atomic E-state index is 0.0110. The van der Waals surface area contributed by atoms with Crippen LogP contribution >= 0.6 is 11.6 Å². The number of nitrogens with zero attached hydrogens (tertiary/aromatic N) is 2. The van der Waals surface area contributed by atoms with E-state index in [4.69, 9.17) is 11.6 Å². The van der Waals surface area contributed by atoms with Crippen LogP contribution in [0.4, 0.5) is 5.82 Å². The van der Waals surface area contributed by atoms with Crippen LogP contribution in [0.1, 0.15) is 38.4 Å². The second-order valence-corrected chi connectivity index (χ2v) is 5.33. The minimum atomic E-state index is -0.150. The first-order valence-corrected chi connectivity index (χ1v) is 6.97. The van der Waals surface area contributed by atoms with Gasteiger partial charge in [-0.25, -0.2) is 4.98 Å². The van der Waals surface area contributed by atoms with E-state index in [9.17, 15) is 4.79 Å². The van der Waals surface area contributed by atoms with Gasteiger partial charge in [0.25, 0.3) is 5.56 Å². The molecule has 0 aliphatic carbocycles. The zero-order chi connectivity index (χ0) is 14.7. The molecule has 4 nitrogen and oxygen atoms in total. The number of aromatic nitrogens is 2. The standard InChI is InChI=1S/C15H18ClN3O/c1-10(2)19-14(20)9-13(18-15(19)16)17-11(3)12-7-5-4-6-8-12/h4-11,17H,1-3H3/t11-/m0/s1. The van der Waals surface area contributed by atoms with Gasteiger partial charge in [0.05, 0.1) is 0 Å². The highest BCUT2D eigenvalue weighted by Crippen LogP contribution is 2.18. The Morgan fingerprint density at radius 3 is 2.40 bits per heavy atom. The minimum Gasteiger partial charge on any atom is -0.363 e. The number of anilines is 1. The van der Waals surface area contributed by atoms with Gasteiger partial charge < -0.3 is 5.32 Å². The quantitative estimate of drug-likeness (QED) is 0.875. The van der Waals surface area contributed by atoms with E-state index in [1.54, 1.807) is 0 Å². The van der Waals surface area contributed by atoms with Crippen molar-refractivity contribution in [2.24, 2.45) is 0 Å². The van der Waals surface area contributed by atoms with Gasteiger partial charge in [-0.3, -0.25) is 9.36 Å². The Balaban J connectivity index is 2.25. The van der Waals surface area contributed by atoms with Crippen LogP contribution in [0.25, 0.3) is 0 Å². The van der Waals surface area contributed by atoms with E-state index in [0.29, 0.717) is 5.82 Å². The van der Waals surface area contributed by atoms with Crippen LogP contribution in [0.2, 0.25) is 5.28 Å². The molecule has 0 unspecified atom stereocenters. The topological polar surface area (TPSA) is 46.9 Å². The lowest BCUT2D eigenvalue weighted by atomic mass is 10.1. The highest BCUT2D eigenvalue weighted by atomic mass is 35.5. The smallest absolute Gasteiger partial charge is 0.256 e. The highest BCUT2D eigenvalue weighted by molar-refractivity contribution is 6.28. The molecule has 0 bridgehead atoms. The van der Waals surface area contributed by atoms with Crippen molar-refractivity contribution < 1.29 is 0 Å². The summed E-state index contributed by atoms with van der Waals surface area (Å²) >= 11 is 6.07. The third kappa shape index (κ3) is 3.20. The molecule has 20 heavy (non-hydrogen) atoms. The number of halogens is 1. The number of nitrogens with one attached hydrogen (secondary N) is 1. The maximum absolute atomic E-state index is 12.0. The molecule has 2 aromatic rings. The third-order valence-electron chi connectivity index (χ3n) is 3.09. The third-order valence-corrected chi connectivity index (χ3v) is 3.36. The van der Waals surface area contributed by atoms with Gasteiger partial charge in [-0.1, -0.05) is 30.3 Å². The summed E-state index contributed by atoms with van der Waals surface area (Å²) in [6, 6.07) is 11.5. The van der Waals surface area contributed by atoms with E-state index in [-0.39, 0.29) is 22.9 Å². The Kier molecular flexibility index (Phi) is 4.45. The molecule has 5 heteroatoms. The molecule has 0 amide bonds. The van der Waals surface area contributed by atoms with Crippen molar-refractivity contribution in [1.82, 2.24) is 9.55 Å². The van der Waals surface area contributed by atoms with Crippen molar-refractivity contribution in [2.75, 3.05) is 5.32 Å². The fourth-order valence-electron chi connectivity index (χ4n) is 2.05. The normalized spacial score (nSPS) is 12.4. The van der Waals surface area contributed by atoms with Crippen molar-refractivity contribution in [1.29, 1.82) is 0 Å². The summed E-state index contributed by atoms with van der Waals surface area (Å²) in [4.78, 5) is 16.3. The Morgan fingerprint density at radius 2 is 1.85 bits per heavy atom. The van der Waals surface area contributed by atoms with Crippen LogP contribution in [0.15, 0.2) is 41.2 Å². The lowest BCUT2D eigenvalue weighted by Crippen LogP contribution is -2.24. The van der Waals surface area contributed by atoms with Crippen LogP contribution in [-0.4, -0.2) is 9.55 Å². The summed E-state index contributed by atoms with van der Waals surface area (Å²) in [6.07, 6.45) is 0. The van der Waals surface area contributed by atoms with Gasteiger partial charge in [0.2, 0.25) is 5.28 Å². The van der Waals surface area contributed by atoms with Crippen LogP contribution in [0, 0.1) is 0 Å². The highest BCUT2D eigenvalue weighted by Gasteiger charge is 2.11. The number of rotatable bonds is 4. The van der Waals surface area contributed by atoms with Gasteiger partial charge >= 0.3 is 0 Å². The van der Waals surface area contributed by atoms with Crippen LogP contribution in [0.5, 0.6) is 0 Å². The molecule has 1 atom stereocenters. The average molecular weight is 292 g/mol. The number of hydrogen-bond donors (Lipinski definition) is 1. The van der Waals surface area contributed by atoms with Gasteiger partial charge in [0.1, 0.15) is 5.82 Å². The first-order chi connectivity index (χ1) is 9.49. The van der Waals surface area contributed by atoms with E-state index in [0.717, 1.165) is 5.56 Å². The van der Waals surface area contributed by atoms with Crippen molar-refractivity contribution in [3.8, 4) is 0 Å². The Morgan fingerprint density at radius 1 is 1.20 bits per heavy atom. The lowest BCUT2D eigenvalue weighted by Gasteiger charge is -2.17. The van der Waals surface area contributed by atoms with Crippen molar-refractivity contribution in [3.63, 3.8) is 0 Å². The second kappa shape index (κ2) is 6.09. The molecule has 0 radical (unpaired) electrons. The van der Waals surface area contributed by atoms with Crippen molar-refractivity contribution in [3.05, 3.63) is 57.6 Å². The fourth-order valence-corrected chi connectivity index (χ4v) is 2.42. The molecule has 0 fully saturated rings. The lowest BCUT2D eigenvalue weighted by molar-refractivity contribution is 0.569. The number of benzene rings is 1. The second-order valence-electron chi connectivity index (χ2n) is 4.99. The molecule has 0 saturated carbocycles. The molecule has 0 aliphatic heterocycles. The zero-order valence-electron chi connectivity index (χ0n) is 11.8. The molecule has 0 aliphatic rings. The van der Waals surface area contributed by atoms with Crippen LogP contribution in [0.3, 0.4) is 0 Å². The Bertz CT molecular complexity index is 637. The van der Waals surface area contributed by atoms with E-state index in [1.165, 1.54) is 10.6 Å². The molecular formula is C15H18ClN3O. The molecule has 106 valence electrons. The first-order valence-electron chi connectivity index (χ1n) is 6.59. The summed E-state index contributed by atoms with van der Waals surface area (Å²) in [5.41, 5.74) is 0.973. The molecule has 1 aromatic carbocycles. The molecule has 1 N–H and O–H groups in total. The Hall–Kier alpha value is -1.81. The molecule has 0 spiro atoms. The largest absolute Gasteiger partial charge is 0.363 e. The van der Waals surface area contributed by atoms with Crippen LogP contribution in [-0.2, 0) is 0 Å². The molecule has 1 heterocycles. The summed E-state index contributed by atoms with van der Waals surface area (Å²) in [7, 11) is 0. The predicted octanol–water partition coefficient (Wildman–Crippen LogP) is 3.65. The maximum atomic E-state index is 12.0. The summed E-state index contributed by atoms with van der Waals surface area (Å²) in [6.45, 7) is 5.81. The van der Waals surface area contributed by atoms with Gasteiger partial charge in [-0.15, -0.1) is 0 Å². The fraction of sp³-hybridized carbons (Fsp3) is 0.333. The number of hydrogen-bond acceptors (Lipinski definition) is 3. The van der Waals surface area contributed by atoms with Crippen molar-refractivity contribution in [2.45, 2.75) is 32.9 Å². The summed E-state index contributed by atoms with van der Waals surface area (Å²) < 4.78 is 1.46. The van der Waals surface area contributed by atoms with Gasteiger partial charge in [-0.2, -0.15) is 0 Å². The molecule has 0 saturated heterocycles. The van der Waals surface area contributed by atoms with E-state index >= 15 is 0 Å². The van der Waals surface area contributed by atoms with E-state index < -0.39 is 0 Å². The zero-order valence-corrected chi connectivity index (χ0v) is 12.6. The van der Waals surface area contributed by atoms with Gasteiger partial charge in [-0.05, 0) is 37.9 Å². The average Bonchev–Trinajstić information content (AvgIpc) is 2.38. The van der Waals surface area contributed by atoms with Gasteiger partial charge in [0.15, 0.2) is 0 Å². The SMILES string of the molecule is CC(C)n1c(Cl)nc(N[C@@H](C)c2ccccc2)cc1=O. The van der Waals surface area contributed by atoms with Gasteiger partial charge in [0, 0.05) is 18.2 Å². The predicted molar refractivity (Wildman–Crippen MR) is 82.4 cm³/mol. The molecular weight excluding hydrogens is 274 g/mol.